The number of carbonyl (C=O) groups excluding carboxylic acids is 1. The second-order valence-corrected chi connectivity index (χ2v) is 8.58. The minimum atomic E-state index is -0.170. The Morgan fingerprint density at radius 2 is 1.69 bits per heavy atom. The van der Waals surface area contributed by atoms with Gasteiger partial charge in [-0.25, -0.2) is 0 Å². The molecule has 0 bridgehead atoms. The molecule has 5 nitrogen and oxygen atoms in total. The molecule has 29 heavy (non-hydrogen) atoms. The number of hydrogen-bond acceptors (Lipinski definition) is 4. The van der Waals surface area contributed by atoms with Crippen molar-refractivity contribution in [2.75, 3.05) is 28.6 Å². The molecule has 0 atom stereocenters. The molecule has 0 unspecified atom stereocenters. The first-order valence-electron chi connectivity index (χ1n) is 11.1. The number of anilines is 3. The summed E-state index contributed by atoms with van der Waals surface area (Å²) in [6, 6.07) is 12.5. The lowest BCUT2D eigenvalue weighted by atomic mass is 9.95. The van der Waals surface area contributed by atoms with Crippen LogP contribution in [0.3, 0.4) is 0 Å². The Kier molecular flexibility index (Phi) is 6.33. The van der Waals surface area contributed by atoms with E-state index in [1.807, 2.05) is 24.3 Å². The van der Waals surface area contributed by atoms with Crippen molar-refractivity contribution < 1.29 is 4.79 Å². The largest absolute Gasteiger partial charge is 0.382 e. The van der Waals surface area contributed by atoms with E-state index in [9.17, 15) is 4.79 Å². The van der Waals surface area contributed by atoms with E-state index in [4.69, 9.17) is 0 Å². The zero-order chi connectivity index (χ0) is 20.1. The molecule has 1 aromatic carbocycles. The molecule has 1 saturated carbocycles. The third kappa shape index (κ3) is 5.28. The Morgan fingerprint density at radius 3 is 2.41 bits per heavy atom. The van der Waals surface area contributed by atoms with Crippen molar-refractivity contribution in [2.45, 2.75) is 57.9 Å². The molecule has 1 saturated heterocycles. The van der Waals surface area contributed by atoms with Crippen LogP contribution >= 0.6 is 0 Å². The van der Waals surface area contributed by atoms with Gasteiger partial charge in [0.15, 0.2) is 0 Å². The van der Waals surface area contributed by atoms with E-state index < -0.39 is 0 Å². The van der Waals surface area contributed by atoms with Crippen LogP contribution in [0.2, 0.25) is 0 Å². The zero-order valence-electron chi connectivity index (χ0n) is 17.4. The van der Waals surface area contributed by atoms with E-state index in [0.717, 1.165) is 30.4 Å². The fourth-order valence-electron chi connectivity index (χ4n) is 4.34. The zero-order valence-corrected chi connectivity index (χ0v) is 17.4. The van der Waals surface area contributed by atoms with E-state index in [-0.39, 0.29) is 5.91 Å². The Hall–Kier alpha value is -2.56. The highest BCUT2D eigenvalue weighted by Crippen LogP contribution is 2.25. The molecule has 2 aromatic rings. The minimum absolute atomic E-state index is 0.170. The molecular weight excluding hydrogens is 360 g/mol. The van der Waals surface area contributed by atoms with E-state index >= 15 is 0 Å². The van der Waals surface area contributed by atoms with Crippen molar-refractivity contribution >= 4 is 23.0 Å². The highest BCUT2D eigenvalue weighted by atomic mass is 16.1. The van der Waals surface area contributed by atoms with E-state index in [2.05, 4.69) is 39.6 Å². The van der Waals surface area contributed by atoms with Crippen LogP contribution < -0.4 is 15.5 Å². The van der Waals surface area contributed by atoms with Crippen molar-refractivity contribution in [1.29, 1.82) is 0 Å². The van der Waals surface area contributed by atoms with Gasteiger partial charge in [-0.3, -0.25) is 9.78 Å². The van der Waals surface area contributed by atoms with Gasteiger partial charge in [-0.05, 0) is 68.0 Å². The topological polar surface area (TPSA) is 57.3 Å². The summed E-state index contributed by atoms with van der Waals surface area (Å²) in [5.41, 5.74) is 3.45. The Bertz CT molecular complexity index is 806. The summed E-state index contributed by atoms with van der Waals surface area (Å²) in [6.45, 7) is 4.54. The Morgan fingerprint density at radius 1 is 0.966 bits per heavy atom. The molecule has 154 valence electrons. The van der Waals surface area contributed by atoms with Crippen molar-refractivity contribution in [3.8, 4) is 0 Å². The van der Waals surface area contributed by atoms with Gasteiger partial charge in [0, 0.05) is 42.4 Å². The van der Waals surface area contributed by atoms with Gasteiger partial charge >= 0.3 is 0 Å². The lowest BCUT2D eigenvalue weighted by Gasteiger charge is -2.32. The van der Waals surface area contributed by atoms with Gasteiger partial charge in [0.05, 0.1) is 0 Å². The minimum Gasteiger partial charge on any atom is -0.382 e. The van der Waals surface area contributed by atoms with Gasteiger partial charge in [-0.15, -0.1) is 0 Å². The van der Waals surface area contributed by atoms with Gasteiger partial charge in [0.25, 0.3) is 5.91 Å². The van der Waals surface area contributed by atoms with Gasteiger partial charge in [0.1, 0.15) is 5.69 Å². The van der Waals surface area contributed by atoms with Crippen LogP contribution in [-0.4, -0.2) is 30.0 Å². The lowest BCUT2D eigenvalue weighted by Crippen LogP contribution is -2.32. The SMILES string of the molecule is CC1CCN(c2ccc(NC(=O)c3cc(NC4CCCCC4)ccn3)cc2)CC1. The van der Waals surface area contributed by atoms with Crippen LogP contribution in [0.4, 0.5) is 17.1 Å². The highest BCUT2D eigenvalue weighted by Gasteiger charge is 2.17. The summed E-state index contributed by atoms with van der Waals surface area (Å²) in [6.07, 6.45) is 10.5. The van der Waals surface area contributed by atoms with Crippen molar-refractivity contribution in [1.82, 2.24) is 4.98 Å². The number of amides is 1. The number of carbonyl (C=O) groups is 1. The maximum atomic E-state index is 12.7. The Balaban J connectivity index is 1.35. The predicted molar refractivity (Wildman–Crippen MR) is 120 cm³/mol. The molecule has 1 aliphatic carbocycles. The van der Waals surface area contributed by atoms with E-state index in [1.165, 1.54) is 50.6 Å². The molecule has 1 amide bonds. The van der Waals surface area contributed by atoms with Crippen LogP contribution in [0.15, 0.2) is 42.6 Å². The Labute approximate surface area is 173 Å². The van der Waals surface area contributed by atoms with E-state index in [0.29, 0.717) is 11.7 Å². The average Bonchev–Trinajstić information content (AvgIpc) is 2.76. The fourth-order valence-corrected chi connectivity index (χ4v) is 4.34. The smallest absolute Gasteiger partial charge is 0.274 e. The summed E-state index contributed by atoms with van der Waals surface area (Å²) >= 11 is 0. The molecule has 0 radical (unpaired) electrons. The third-order valence-corrected chi connectivity index (χ3v) is 6.24. The molecule has 2 heterocycles. The van der Waals surface area contributed by atoms with E-state index in [1.54, 1.807) is 6.20 Å². The fraction of sp³-hybridized carbons (Fsp3) is 0.500. The second kappa shape index (κ2) is 9.29. The van der Waals surface area contributed by atoms with Crippen molar-refractivity contribution in [2.24, 2.45) is 5.92 Å². The summed E-state index contributed by atoms with van der Waals surface area (Å²) in [5, 5.41) is 6.54. The first kappa shape index (κ1) is 19.7. The van der Waals surface area contributed by atoms with Crippen molar-refractivity contribution in [3.05, 3.63) is 48.3 Å². The standard InChI is InChI=1S/C24H32N4O/c1-18-12-15-28(16-13-18)22-9-7-20(8-10-22)27-24(29)23-17-21(11-14-25-23)26-19-5-3-2-4-6-19/h7-11,14,17-19H,2-6,12-13,15-16H2,1H3,(H,25,26)(H,27,29). The number of aromatic nitrogens is 1. The maximum absolute atomic E-state index is 12.7. The van der Waals surface area contributed by atoms with Crippen molar-refractivity contribution in [3.63, 3.8) is 0 Å². The van der Waals surface area contributed by atoms with Gasteiger partial charge in [-0.1, -0.05) is 26.2 Å². The summed E-state index contributed by atoms with van der Waals surface area (Å²) in [5.74, 6) is 0.650. The number of rotatable bonds is 5. The second-order valence-electron chi connectivity index (χ2n) is 8.58. The molecule has 1 aliphatic heterocycles. The molecule has 2 N–H and O–H groups in total. The number of hydrogen-bond donors (Lipinski definition) is 2. The van der Waals surface area contributed by atoms with Crippen LogP contribution in [0.5, 0.6) is 0 Å². The summed E-state index contributed by atoms with van der Waals surface area (Å²) in [7, 11) is 0. The average molecular weight is 393 g/mol. The third-order valence-electron chi connectivity index (χ3n) is 6.24. The summed E-state index contributed by atoms with van der Waals surface area (Å²) < 4.78 is 0. The predicted octanol–water partition coefficient (Wildman–Crippen LogP) is 5.31. The number of nitrogens with zero attached hydrogens (tertiary/aromatic N) is 2. The monoisotopic (exact) mass is 392 g/mol. The van der Waals surface area contributed by atoms with Crippen LogP contribution in [0.1, 0.15) is 62.4 Å². The maximum Gasteiger partial charge on any atom is 0.274 e. The van der Waals surface area contributed by atoms with Gasteiger partial charge in [0.2, 0.25) is 0 Å². The number of benzene rings is 1. The van der Waals surface area contributed by atoms with Crippen LogP contribution in [0, 0.1) is 5.92 Å². The van der Waals surface area contributed by atoms with Crippen LogP contribution in [-0.2, 0) is 0 Å². The quantitative estimate of drug-likeness (QED) is 0.723. The molecule has 5 heteroatoms. The molecule has 2 aliphatic rings. The highest BCUT2D eigenvalue weighted by molar-refractivity contribution is 6.03. The number of nitrogens with one attached hydrogen (secondary N) is 2. The van der Waals surface area contributed by atoms with Crippen LogP contribution in [0.25, 0.3) is 0 Å². The number of pyridine rings is 1. The summed E-state index contributed by atoms with van der Waals surface area (Å²) in [4.78, 5) is 19.4. The molecular formula is C24H32N4O. The normalized spacial score (nSPS) is 18.4. The first-order valence-corrected chi connectivity index (χ1v) is 11.1. The van der Waals surface area contributed by atoms with Gasteiger partial charge < -0.3 is 15.5 Å². The molecule has 0 spiro atoms. The number of piperidine rings is 1. The lowest BCUT2D eigenvalue weighted by molar-refractivity contribution is 0.102. The molecule has 4 rings (SSSR count). The molecule has 1 aromatic heterocycles. The first-order chi connectivity index (χ1) is 14.2. The van der Waals surface area contributed by atoms with Gasteiger partial charge in [-0.2, -0.15) is 0 Å². The molecule has 2 fully saturated rings.